The van der Waals surface area contributed by atoms with Gasteiger partial charge >= 0.3 is 12.1 Å². The van der Waals surface area contributed by atoms with Crippen LogP contribution in [0, 0.1) is 0 Å². The molecule has 19 heavy (non-hydrogen) atoms. The molecule has 0 atom stereocenters. The minimum absolute atomic E-state index is 0.0702. The summed E-state index contributed by atoms with van der Waals surface area (Å²) in [5.41, 5.74) is -0.267. The third kappa shape index (κ3) is 3.94. The fourth-order valence-corrected chi connectivity index (χ4v) is 1.10. The average molecular weight is 276 g/mol. The second-order valence-electron chi connectivity index (χ2n) is 3.23. The van der Waals surface area contributed by atoms with Crippen LogP contribution in [0.25, 0.3) is 0 Å². The van der Waals surface area contributed by atoms with Crippen molar-refractivity contribution in [3.63, 3.8) is 0 Å². The van der Waals surface area contributed by atoms with Crippen molar-refractivity contribution in [1.29, 1.82) is 0 Å². The van der Waals surface area contributed by atoms with E-state index in [4.69, 9.17) is 4.74 Å². The molecule has 1 rings (SSSR count). The van der Waals surface area contributed by atoms with Gasteiger partial charge in [-0.1, -0.05) is 12.7 Å². The van der Waals surface area contributed by atoms with Gasteiger partial charge in [-0.05, 0) is 6.92 Å². The maximum atomic E-state index is 12.5. The van der Waals surface area contributed by atoms with E-state index in [1.54, 1.807) is 6.92 Å². The summed E-state index contributed by atoms with van der Waals surface area (Å²) in [6, 6.07) is 0. The molecule has 104 valence electrons. The van der Waals surface area contributed by atoms with Crippen molar-refractivity contribution in [2.24, 2.45) is 0 Å². The molecule has 0 fully saturated rings. The second-order valence-corrected chi connectivity index (χ2v) is 3.23. The Kier molecular flexibility index (Phi) is 4.85. The van der Waals surface area contributed by atoms with Crippen molar-refractivity contribution < 1.29 is 27.4 Å². The van der Waals surface area contributed by atoms with E-state index >= 15 is 0 Å². The number of carbonyl (C=O) groups excluding carboxylic acids is 1. The highest BCUT2D eigenvalue weighted by Gasteiger charge is 2.36. The quantitative estimate of drug-likeness (QED) is 0.609. The number of aromatic nitrogens is 2. The van der Waals surface area contributed by atoms with Gasteiger partial charge in [-0.25, -0.2) is 9.78 Å². The summed E-state index contributed by atoms with van der Waals surface area (Å²) in [6.45, 7) is 4.89. The lowest BCUT2D eigenvalue weighted by molar-refractivity contribution is -0.145. The monoisotopic (exact) mass is 276 g/mol. The Morgan fingerprint density at radius 1 is 1.53 bits per heavy atom. The van der Waals surface area contributed by atoms with Crippen LogP contribution in [0.1, 0.15) is 23.1 Å². The molecule has 0 amide bonds. The zero-order valence-electron chi connectivity index (χ0n) is 10.0. The maximum absolute atomic E-state index is 12.5. The number of rotatable bonds is 5. The van der Waals surface area contributed by atoms with Crippen molar-refractivity contribution >= 4 is 5.97 Å². The first-order valence-corrected chi connectivity index (χ1v) is 5.25. The lowest BCUT2D eigenvalue weighted by atomic mass is 10.3. The molecule has 0 saturated heterocycles. The van der Waals surface area contributed by atoms with E-state index in [0.717, 1.165) is 6.20 Å². The lowest BCUT2D eigenvalue weighted by Crippen LogP contribution is -2.16. The highest BCUT2D eigenvalue weighted by Crippen LogP contribution is 2.28. The Labute approximate surface area is 107 Å². The van der Waals surface area contributed by atoms with Gasteiger partial charge in [0.25, 0.3) is 0 Å². The number of esters is 1. The summed E-state index contributed by atoms with van der Waals surface area (Å²) in [7, 11) is 0. The molecule has 0 aromatic carbocycles. The van der Waals surface area contributed by atoms with Crippen LogP contribution in [0.4, 0.5) is 13.2 Å². The number of alkyl halides is 3. The lowest BCUT2D eigenvalue weighted by Gasteiger charge is -2.10. The number of ether oxygens (including phenoxy) is 2. The van der Waals surface area contributed by atoms with E-state index in [-0.39, 0.29) is 18.8 Å². The molecular formula is C11H11F3N2O3. The Hall–Kier alpha value is -2.12. The number of halogens is 3. The molecular weight excluding hydrogens is 265 g/mol. The predicted octanol–water partition coefficient (Wildman–Crippen LogP) is 2.24. The molecule has 8 heteroatoms. The van der Waals surface area contributed by atoms with Gasteiger partial charge in [0.05, 0.1) is 6.61 Å². The van der Waals surface area contributed by atoms with Gasteiger partial charge in [-0.15, -0.1) is 0 Å². The minimum Gasteiger partial charge on any atom is -0.473 e. The molecule has 0 unspecified atom stereocenters. The molecule has 1 heterocycles. The first kappa shape index (κ1) is 14.9. The normalized spacial score (nSPS) is 10.9. The average Bonchev–Trinajstić information content (AvgIpc) is 2.35. The topological polar surface area (TPSA) is 61.3 Å². The fourth-order valence-electron chi connectivity index (χ4n) is 1.10. The fraction of sp³-hybridized carbons (Fsp3) is 0.364. The van der Waals surface area contributed by atoms with Crippen molar-refractivity contribution in [3.05, 3.63) is 30.2 Å². The number of hydrogen-bond acceptors (Lipinski definition) is 5. The Morgan fingerprint density at radius 2 is 2.21 bits per heavy atom. The standard InChI is InChI=1S/C11H11F3N2O3/c1-3-5-19-8-7(9(17)18-4-2)6-15-10(16-8)11(12,13)14/h3,6H,1,4-5H2,2H3. The van der Waals surface area contributed by atoms with E-state index in [9.17, 15) is 18.0 Å². The molecule has 5 nitrogen and oxygen atoms in total. The molecule has 0 saturated carbocycles. The number of hydrogen-bond donors (Lipinski definition) is 0. The second kappa shape index (κ2) is 6.17. The van der Waals surface area contributed by atoms with Crippen molar-refractivity contribution in [2.45, 2.75) is 13.1 Å². The Morgan fingerprint density at radius 3 is 2.74 bits per heavy atom. The summed E-state index contributed by atoms with van der Waals surface area (Å²) < 4.78 is 46.9. The van der Waals surface area contributed by atoms with E-state index in [2.05, 4.69) is 21.3 Å². The molecule has 0 bridgehead atoms. The molecule has 0 radical (unpaired) electrons. The van der Waals surface area contributed by atoms with Gasteiger partial charge in [0.1, 0.15) is 12.2 Å². The van der Waals surface area contributed by atoms with Gasteiger partial charge in [0, 0.05) is 6.20 Å². The van der Waals surface area contributed by atoms with Gasteiger partial charge in [-0.3, -0.25) is 0 Å². The zero-order chi connectivity index (χ0) is 14.5. The van der Waals surface area contributed by atoms with Crippen molar-refractivity contribution in [2.75, 3.05) is 13.2 Å². The molecule has 0 aliphatic rings. The largest absolute Gasteiger partial charge is 0.473 e. The van der Waals surface area contributed by atoms with Gasteiger partial charge < -0.3 is 9.47 Å². The van der Waals surface area contributed by atoms with Crippen LogP contribution < -0.4 is 4.74 Å². The predicted molar refractivity (Wildman–Crippen MR) is 58.7 cm³/mol. The van der Waals surface area contributed by atoms with Crippen molar-refractivity contribution in [1.82, 2.24) is 9.97 Å². The summed E-state index contributed by atoms with van der Waals surface area (Å²) >= 11 is 0. The summed E-state index contributed by atoms with van der Waals surface area (Å²) in [4.78, 5) is 17.8. The van der Waals surface area contributed by atoms with Crippen LogP contribution in [0.5, 0.6) is 5.88 Å². The molecule has 1 aromatic heterocycles. The van der Waals surface area contributed by atoms with Crippen LogP contribution in [0.3, 0.4) is 0 Å². The molecule has 1 aromatic rings. The molecule has 0 aliphatic heterocycles. The van der Waals surface area contributed by atoms with Gasteiger partial charge in [-0.2, -0.15) is 18.2 Å². The van der Waals surface area contributed by atoms with Crippen LogP contribution in [-0.2, 0) is 10.9 Å². The van der Waals surface area contributed by atoms with E-state index in [1.165, 1.54) is 6.08 Å². The smallest absolute Gasteiger partial charge is 0.451 e. The van der Waals surface area contributed by atoms with Gasteiger partial charge in [0.2, 0.25) is 11.7 Å². The Balaban J connectivity index is 3.16. The molecule has 0 spiro atoms. The Bertz CT molecular complexity index is 475. The van der Waals surface area contributed by atoms with Crippen LogP contribution in [0.15, 0.2) is 18.9 Å². The van der Waals surface area contributed by atoms with E-state index in [1.807, 2.05) is 0 Å². The van der Waals surface area contributed by atoms with Crippen LogP contribution in [-0.4, -0.2) is 29.2 Å². The van der Waals surface area contributed by atoms with E-state index in [0.29, 0.717) is 0 Å². The zero-order valence-corrected chi connectivity index (χ0v) is 10.0. The molecule has 0 N–H and O–H groups in total. The third-order valence-electron chi connectivity index (χ3n) is 1.84. The summed E-state index contributed by atoms with van der Waals surface area (Å²) in [5, 5.41) is 0. The highest BCUT2D eigenvalue weighted by molar-refractivity contribution is 5.91. The summed E-state index contributed by atoms with van der Waals surface area (Å²) in [5.74, 6) is -2.73. The first-order valence-electron chi connectivity index (χ1n) is 5.25. The van der Waals surface area contributed by atoms with Crippen molar-refractivity contribution in [3.8, 4) is 5.88 Å². The maximum Gasteiger partial charge on any atom is 0.451 e. The third-order valence-corrected chi connectivity index (χ3v) is 1.84. The molecule has 0 aliphatic carbocycles. The van der Waals surface area contributed by atoms with Crippen LogP contribution in [0.2, 0.25) is 0 Å². The highest BCUT2D eigenvalue weighted by atomic mass is 19.4. The minimum atomic E-state index is -4.72. The number of nitrogens with zero attached hydrogens (tertiary/aromatic N) is 2. The summed E-state index contributed by atoms with van der Waals surface area (Å²) in [6.07, 6.45) is -2.68. The first-order chi connectivity index (χ1) is 8.90. The number of carbonyl (C=O) groups is 1. The van der Waals surface area contributed by atoms with Crippen LogP contribution >= 0.6 is 0 Å². The van der Waals surface area contributed by atoms with Gasteiger partial charge in [0.15, 0.2) is 0 Å². The SMILES string of the molecule is C=CCOc1nc(C(F)(F)F)ncc1C(=O)OCC. The van der Waals surface area contributed by atoms with E-state index < -0.39 is 23.8 Å².